The molecule has 2 aliphatic rings. The van der Waals surface area contributed by atoms with Crippen LogP contribution in [0.3, 0.4) is 0 Å². The zero-order chi connectivity index (χ0) is 21.0. The van der Waals surface area contributed by atoms with Crippen LogP contribution >= 0.6 is 0 Å². The first-order valence-corrected chi connectivity index (χ1v) is 10.3. The monoisotopic (exact) mass is 400 g/mol. The van der Waals surface area contributed by atoms with E-state index in [1.54, 1.807) is 43.0 Å². The number of nitrogens with zero attached hydrogens (tertiary/aromatic N) is 2. The molecule has 1 aromatic rings. The molecular weight excluding hydrogens is 372 g/mol. The first kappa shape index (κ1) is 21.0. The number of carbonyl (C=O) groups excluding carboxylic acids is 4. The average Bonchev–Trinajstić information content (AvgIpc) is 2.91. The standard InChI is InChI=1S/C22H28N2O5/c1-15(2)19(24-20(26)16-10-6-7-11-17(16)21(24)27)22(28)29-14-18(25)23-12-8-4-3-5-9-13-23/h6-7,10-11,15,19H,3-5,8-9,12-14H2,1-2H3/t19-/m1/s1. The number of esters is 1. The second-order valence-electron chi connectivity index (χ2n) is 7.97. The lowest BCUT2D eigenvalue weighted by molar-refractivity contribution is -0.156. The Morgan fingerprint density at radius 2 is 1.45 bits per heavy atom. The van der Waals surface area contributed by atoms with Gasteiger partial charge in [-0.3, -0.25) is 19.3 Å². The van der Waals surface area contributed by atoms with Crippen molar-refractivity contribution in [1.82, 2.24) is 9.80 Å². The molecule has 3 rings (SSSR count). The fraction of sp³-hybridized carbons (Fsp3) is 0.545. The summed E-state index contributed by atoms with van der Waals surface area (Å²) >= 11 is 0. The minimum Gasteiger partial charge on any atom is -0.454 e. The highest BCUT2D eigenvalue weighted by Gasteiger charge is 2.44. The SMILES string of the molecule is CC(C)[C@H](C(=O)OCC(=O)N1CCCCCCC1)N1C(=O)c2ccccc2C1=O. The lowest BCUT2D eigenvalue weighted by atomic mass is 10.0. The Hall–Kier alpha value is -2.70. The van der Waals surface area contributed by atoms with Crippen molar-refractivity contribution in [3.63, 3.8) is 0 Å². The van der Waals surface area contributed by atoms with Crippen molar-refractivity contribution in [1.29, 1.82) is 0 Å². The summed E-state index contributed by atoms with van der Waals surface area (Å²) in [7, 11) is 0. The van der Waals surface area contributed by atoms with Crippen molar-refractivity contribution in [3.8, 4) is 0 Å². The maximum Gasteiger partial charge on any atom is 0.330 e. The Balaban J connectivity index is 1.67. The Kier molecular flexibility index (Phi) is 6.67. The van der Waals surface area contributed by atoms with E-state index in [0.29, 0.717) is 13.1 Å². The highest BCUT2D eigenvalue weighted by molar-refractivity contribution is 6.22. The molecule has 2 aliphatic heterocycles. The minimum absolute atomic E-state index is 0.231. The van der Waals surface area contributed by atoms with Gasteiger partial charge in [-0.25, -0.2) is 4.79 Å². The van der Waals surface area contributed by atoms with Crippen LogP contribution in [0.4, 0.5) is 0 Å². The molecule has 3 amide bonds. The quantitative estimate of drug-likeness (QED) is 0.560. The molecule has 7 heteroatoms. The third kappa shape index (κ3) is 4.49. The van der Waals surface area contributed by atoms with Gasteiger partial charge in [0.15, 0.2) is 6.61 Å². The second-order valence-corrected chi connectivity index (χ2v) is 7.97. The molecule has 0 saturated carbocycles. The van der Waals surface area contributed by atoms with Gasteiger partial charge >= 0.3 is 5.97 Å². The van der Waals surface area contributed by atoms with E-state index in [-0.39, 0.29) is 29.6 Å². The first-order valence-electron chi connectivity index (χ1n) is 10.3. The molecule has 7 nitrogen and oxygen atoms in total. The van der Waals surface area contributed by atoms with E-state index in [1.807, 2.05) is 0 Å². The van der Waals surface area contributed by atoms with Gasteiger partial charge in [0.25, 0.3) is 17.7 Å². The molecule has 0 radical (unpaired) electrons. The molecule has 0 unspecified atom stereocenters. The summed E-state index contributed by atoms with van der Waals surface area (Å²) in [6.45, 7) is 4.46. The number of hydrogen-bond donors (Lipinski definition) is 0. The molecule has 2 heterocycles. The van der Waals surface area contributed by atoms with Gasteiger partial charge in [-0.1, -0.05) is 45.2 Å². The molecule has 29 heavy (non-hydrogen) atoms. The summed E-state index contributed by atoms with van der Waals surface area (Å²) in [5, 5.41) is 0. The zero-order valence-electron chi connectivity index (χ0n) is 17.1. The molecule has 0 N–H and O–H groups in total. The van der Waals surface area contributed by atoms with Crippen LogP contribution in [-0.2, 0) is 14.3 Å². The number of amides is 3. The first-order chi connectivity index (χ1) is 13.9. The molecule has 0 aliphatic carbocycles. The Labute approximate surface area is 171 Å². The molecule has 1 saturated heterocycles. The number of fused-ring (bicyclic) bond motifs is 1. The number of benzene rings is 1. The smallest absolute Gasteiger partial charge is 0.330 e. The van der Waals surface area contributed by atoms with Crippen LogP contribution in [0.15, 0.2) is 24.3 Å². The molecule has 1 aromatic carbocycles. The number of ether oxygens (including phenoxy) is 1. The fourth-order valence-electron chi connectivity index (χ4n) is 3.94. The second kappa shape index (κ2) is 9.20. The minimum atomic E-state index is -1.07. The van der Waals surface area contributed by atoms with Crippen molar-refractivity contribution in [2.75, 3.05) is 19.7 Å². The van der Waals surface area contributed by atoms with Gasteiger partial charge in [0.2, 0.25) is 0 Å². The van der Waals surface area contributed by atoms with Crippen LogP contribution in [0.1, 0.15) is 66.7 Å². The van der Waals surface area contributed by atoms with Gasteiger partial charge in [-0.05, 0) is 30.9 Å². The number of carbonyl (C=O) groups is 4. The third-order valence-corrected chi connectivity index (χ3v) is 5.52. The van der Waals surface area contributed by atoms with Crippen molar-refractivity contribution >= 4 is 23.7 Å². The highest BCUT2D eigenvalue weighted by Crippen LogP contribution is 2.27. The Bertz CT molecular complexity index is 761. The van der Waals surface area contributed by atoms with E-state index in [1.165, 1.54) is 6.42 Å². The topological polar surface area (TPSA) is 84.0 Å². The van der Waals surface area contributed by atoms with Crippen molar-refractivity contribution < 1.29 is 23.9 Å². The highest BCUT2D eigenvalue weighted by atomic mass is 16.5. The van der Waals surface area contributed by atoms with Crippen LogP contribution in [-0.4, -0.2) is 59.2 Å². The maximum absolute atomic E-state index is 12.8. The fourth-order valence-corrected chi connectivity index (χ4v) is 3.94. The van der Waals surface area contributed by atoms with Crippen molar-refractivity contribution in [2.45, 2.75) is 52.0 Å². The van der Waals surface area contributed by atoms with E-state index in [9.17, 15) is 19.2 Å². The lowest BCUT2D eigenvalue weighted by Gasteiger charge is -2.28. The Morgan fingerprint density at radius 3 is 1.97 bits per heavy atom. The van der Waals surface area contributed by atoms with Gasteiger partial charge in [0.1, 0.15) is 6.04 Å². The van der Waals surface area contributed by atoms with Gasteiger partial charge < -0.3 is 9.64 Å². The largest absolute Gasteiger partial charge is 0.454 e. The van der Waals surface area contributed by atoms with Crippen LogP contribution in [0.2, 0.25) is 0 Å². The van der Waals surface area contributed by atoms with Crippen molar-refractivity contribution in [2.24, 2.45) is 5.92 Å². The van der Waals surface area contributed by atoms with Gasteiger partial charge in [-0.15, -0.1) is 0 Å². The summed E-state index contributed by atoms with van der Waals surface area (Å²) in [5.41, 5.74) is 0.570. The van der Waals surface area contributed by atoms with Crippen LogP contribution in [0, 0.1) is 5.92 Å². The van der Waals surface area contributed by atoms with Gasteiger partial charge in [-0.2, -0.15) is 0 Å². The maximum atomic E-state index is 12.8. The Morgan fingerprint density at radius 1 is 0.931 bits per heavy atom. The number of imide groups is 1. The van der Waals surface area contributed by atoms with E-state index < -0.39 is 23.8 Å². The molecule has 0 spiro atoms. The summed E-state index contributed by atoms with van der Waals surface area (Å²) in [6.07, 6.45) is 5.28. The average molecular weight is 400 g/mol. The van der Waals surface area contributed by atoms with Crippen molar-refractivity contribution in [3.05, 3.63) is 35.4 Å². The molecule has 0 aromatic heterocycles. The number of likely N-dealkylation sites (tertiary alicyclic amines) is 1. The van der Waals surface area contributed by atoms with Crippen LogP contribution < -0.4 is 0 Å². The molecule has 0 bridgehead atoms. The lowest BCUT2D eigenvalue weighted by Crippen LogP contribution is -2.49. The molecule has 1 fully saturated rings. The number of hydrogen-bond acceptors (Lipinski definition) is 5. The predicted molar refractivity (Wildman–Crippen MR) is 106 cm³/mol. The normalized spacial score (nSPS) is 18.3. The zero-order valence-corrected chi connectivity index (χ0v) is 17.1. The third-order valence-electron chi connectivity index (χ3n) is 5.52. The van der Waals surface area contributed by atoms with Crippen LogP contribution in [0.25, 0.3) is 0 Å². The van der Waals surface area contributed by atoms with Gasteiger partial charge in [0.05, 0.1) is 11.1 Å². The molecular formula is C22H28N2O5. The summed E-state index contributed by atoms with van der Waals surface area (Å²) in [6, 6.07) is 5.44. The predicted octanol–water partition coefficient (Wildman–Crippen LogP) is 2.64. The van der Waals surface area contributed by atoms with Crippen LogP contribution in [0.5, 0.6) is 0 Å². The van der Waals surface area contributed by atoms with E-state index in [0.717, 1.165) is 30.6 Å². The van der Waals surface area contributed by atoms with Gasteiger partial charge in [0, 0.05) is 13.1 Å². The summed E-state index contributed by atoms with van der Waals surface area (Å²) in [5.74, 6) is -2.31. The van der Waals surface area contributed by atoms with E-state index in [2.05, 4.69) is 0 Å². The number of rotatable bonds is 5. The molecule has 156 valence electrons. The molecule has 1 atom stereocenters. The summed E-state index contributed by atoms with van der Waals surface area (Å²) < 4.78 is 5.28. The van der Waals surface area contributed by atoms with E-state index in [4.69, 9.17) is 4.74 Å². The summed E-state index contributed by atoms with van der Waals surface area (Å²) in [4.78, 5) is 53.5. The van der Waals surface area contributed by atoms with E-state index >= 15 is 0 Å².